The molecule has 22 heavy (non-hydrogen) atoms. The Morgan fingerprint density at radius 3 is 3.05 bits per heavy atom. The highest BCUT2D eigenvalue weighted by atomic mass is 79.9. The zero-order valence-corrected chi connectivity index (χ0v) is 14.2. The molecule has 2 aromatic rings. The van der Waals surface area contributed by atoms with E-state index >= 15 is 0 Å². The Bertz CT molecular complexity index is 645. The summed E-state index contributed by atoms with van der Waals surface area (Å²) in [4.78, 5) is 0. The van der Waals surface area contributed by atoms with Gasteiger partial charge in [-0.2, -0.15) is 0 Å². The maximum atomic E-state index is 5.86. The Morgan fingerprint density at radius 1 is 1.27 bits per heavy atom. The Kier molecular flexibility index (Phi) is 5.01. The molecule has 4 heteroatoms. The minimum Gasteiger partial charge on any atom is -0.497 e. The van der Waals surface area contributed by atoms with Gasteiger partial charge in [-0.3, -0.25) is 0 Å². The molecule has 3 nitrogen and oxygen atoms in total. The zero-order chi connectivity index (χ0) is 15.4. The summed E-state index contributed by atoms with van der Waals surface area (Å²) in [6, 6.07) is 14.8. The number of hydrogen-bond donors (Lipinski definition) is 1. The lowest BCUT2D eigenvalue weighted by atomic mass is 10.0. The molecule has 0 amide bonds. The van der Waals surface area contributed by atoms with Gasteiger partial charge in [0.15, 0.2) is 0 Å². The molecule has 1 atom stereocenters. The van der Waals surface area contributed by atoms with E-state index in [4.69, 9.17) is 9.47 Å². The van der Waals surface area contributed by atoms with Gasteiger partial charge < -0.3 is 14.8 Å². The Morgan fingerprint density at radius 2 is 2.18 bits per heavy atom. The molecule has 1 N–H and O–H groups in total. The van der Waals surface area contributed by atoms with Gasteiger partial charge in [-0.1, -0.05) is 34.1 Å². The highest BCUT2D eigenvalue weighted by Gasteiger charge is 2.19. The first-order valence-corrected chi connectivity index (χ1v) is 8.34. The summed E-state index contributed by atoms with van der Waals surface area (Å²) in [7, 11) is 1.70. The molecule has 0 saturated heterocycles. The molecule has 0 aliphatic carbocycles. The third-order valence-electron chi connectivity index (χ3n) is 3.93. The highest BCUT2D eigenvalue weighted by molar-refractivity contribution is 9.10. The van der Waals surface area contributed by atoms with Crippen LogP contribution in [0, 0.1) is 0 Å². The Balaban J connectivity index is 1.74. The van der Waals surface area contributed by atoms with Gasteiger partial charge in [-0.25, -0.2) is 0 Å². The number of benzene rings is 2. The quantitative estimate of drug-likeness (QED) is 0.871. The van der Waals surface area contributed by atoms with Crippen LogP contribution in [0.15, 0.2) is 46.9 Å². The summed E-state index contributed by atoms with van der Waals surface area (Å²) < 4.78 is 12.2. The van der Waals surface area contributed by atoms with Gasteiger partial charge >= 0.3 is 0 Å². The molecule has 1 heterocycles. The average molecular weight is 362 g/mol. The van der Waals surface area contributed by atoms with Crippen molar-refractivity contribution in [2.24, 2.45) is 0 Å². The van der Waals surface area contributed by atoms with Crippen molar-refractivity contribution < 1.29 is 9.47 Å². The molecule has 0 saturated carbocycles. The van der Waals surface area contributed by atoms with E-state index in [-0.39, 0.29) is 0 Å². The van der Waals surface area contributed by atoms with Gasteiger partial charge in [0.1, 0.15) is 11.5 Å². The minimum atomic E-state index is 0.316. The summed E-state index contributed by atoms with van der Waals surface area (Å²) >= 11 is 3.51. The fraction of sp³-hybridized carbons (Fsp3) is 0.333. The summed E-state index contributed by atoms with van der Waals surface area (Å²) in [6.45, 7) is 1.60. The van der Waals surface area contributed by atoms with Crippen LogP contribution < -0.4 is 14.8 Å². The van der Waals surface area contributed by atoms with E-state index in [1.54, 1.807) is 7.11 Å². The van der Waals surface area contributed by atoms with Crippen LogP contribution in [-0.2, 0) is 6.54 Å². The first-order chi connectivity index (χ1) is 10.8. The van der Waals surface area contributed by atoms with Gasteiger partial charge in [0.05, 0.1) is 13.7 Å². The zero-order valence-electron chi connectivity index (χ0n) is 12.6. The number of ether oxygens (including phenoxy) is 2. The van der Waals surface area contributed by atoms with Gasteiger partial charge in [0.2, 0.25) is 0 Å². The van der Waals surface area contributed by atoms with Crippen molar-refractivity contribution in [3.05, 3.63) is 58.1 Å². The smallest absolute Gasteiger partial charge is 0.125 e. The lowest BCUT2D eigenvalue weighted by Crippen LogP contribution is -2.20. The predicted octanol–water partition coefficient (Wildman–Crippen LogP) is 4.46. The second-order valence-corrected chi connectivity index (χ2v) is 6.37. The third-order valence-corrected chi connectivity index (χ3v) is 4.43. The molecule has 1 aliphatic heterocycles. The lowest BCUT2D eigenvalue weighted by Gasteiger charge is -2.19. The van der Waals surface area contributed by atoms with Crippen LogP contribution in [0.25, 0.3) is 0 Å². The maximum Gasteiger partial charge on any atom is 0.125 e. The SMILES string of the molecule is COc1cccc(CNC2CCCOc3cc(Br)ccc32)c1. The maximum absolute atomic E-state index is 5.86. The number of nitrogens with one attached hydrogen (secondary N) is 1. The lowest BCUT2D eigenvalue weighted by molar-refractivity contribution is 0.315. The molecule has 0 fully saturated rings. The van der Waals surface area contributed by atoms with Crippen molar-refractivity contribution in [3.63, 3.8) is 0 Å². The van der Waals surface area contributed by atoms with Crippen LogP contribution in [-0.4, -0.2) is 13.7 Å². The number of rotatable bonds is 4. The second kappa shape index (κ2) is 7.16. The fourth-order valence-electron chi connectivity index (χ4n) is 2.78. The molecule has 0 bridgehead atoms. The molecular weight excluding hydrogens is 342 g/mol. The topological polar surface area (TPSA) is 30.5 Å². The molecule has 3 rings (SSSR count). The van der Waals surface area contributed by atoms with Crippen LogP contribution >= 0.6 is 15.9 Å². The summed E-state index contributed by atoms with van der Waals surface area (Å²) in [6.07, 6.45) is 2.14. The van der Waals surface area contributed by atoms with Crippen molar-refractivity contribution in [1.29, 1.82) is 0 Å². The van der Waals surface area contributed by atoms with Crippen molar-refractivity contribution in [3.8, 4) is 11.5 Å². The summed E-state index contributed by atoms with van der Waals surface area (Å²) in [5, 5.41) is 3.65. The molecule has 2 aromatic carbocycles. The van der Waals surface area contributed by atoms with Crippen molar-refractivity contribution in [2.45, 2.75) is 25.4 Å². The van der Waals surface area contributed by atoms with Crippen molar-refractivity contribution in [1.82, 2.24) is 5.32 Å². The van der Waals surface area contributed by atoms with E-state index in [9.17, 15) is 0 Å². The van der Waals surface area contributed by atoms with Crippen LogP contribution in [0.4, 0.5) is 0 Å². The van der Waals surface area contributed by atoms with E-state index in [0.717, 1.165) is 42.0 Å². The Labute approximate surface area is 139 Å². The number of hydrogen-bond acceptors (Lipinski definition) is 3. The van der Waals surface area contributed by atoms with Crippen molar-refractivity contribution >= 4 is 15.9 Å². The van der Waals surface area contributed by atoms with Crippen LogP contribution in [0.3, 0.4) is 0 Å². The summed E-state index contributed by atoms with van der Waals surface area (Å²) in [5.41, 5.74) is 2.46. The van der Waals surface area contributed by atoms with E-state index < -0.39 is 0 Å². The van der Waals surface area contributed by atoms with E-state index in [2.05, 4.69) is 51.6 Å². The van der Waals surface area contributed by atoms with Gasteiger partial charge in [0.25, 0.3) is 0 Å². The monoisotopic (exact) mass is 361 g/mol. The number of fused-ring (bicyclic) bond motifs is 1. The average Bonchev–Trinajstić information content (AvgIpc) is 2.74. The fourth-order valence-corrected chi connectivity index (χ4v) is 3.12. The van der Waals surface area contributed by atoms with Crippen LogP contribution in [0.2, 0.25) is 0 Å². The van der Waals surface area contributed by atoms with E-state index in [1.807, 2.05) is 12.1 Å². The molecule has 116 valence electrons. The molecule has 0 spiro atoms. The van der Waals surface area contributed by atoms with Crippen LogP contribution in [0.1, 0.15) is 30.0 Å². The Hall–Kier alpha value is -1.52. The second-order valence-electron chi connectivity index (χ2n) is 5.46. The number of halogens is 1. The van der Waals surface area contributed by atoms with Crippen molar-refractivity contribution in [2.75, 3.05) is 13.7 Å². The molecule has 0 aromatic heterocycles. The van der Waals surface area contributed by atoms with Gasteiger partial charge in [-0.05, 0) is 42.7 Å². The van der Waals surface area contributed by atoms with Crippen LogP contribution in [0.5, 0.6) is 11.5 Å². The highest BCUT2D eigenvalue weighted by Crippen LogP contribution is 2.33. The van der Waals surface area contributed by atoms with E-state index in [0.29, 0.717) is 6.04 Å². The standard InChI is InChI=1S/C18H20BrNO2/c1-21-15-5-2-4-13(10-15)12-20-17-6-3-9-22-18-11-14(19)7-8-16(17)18/h2,4-5,7-8,10-11,17,20H,3,6,9,12H2,1H3. The van der Waals surface area contributed by atoms with E-state index in [1.165, 1.54) is 11.1 Å². The normalized spacial score (nSPS) is 17.3. The number of methoxy groups -OCH3 is 1. The first-order valence-electron chi connectivity index (χ1n) is 7.55. The molecule has 1 unspecified atom stereocenters. The third kappa shape index (κ3) is 3.62. The largest absolute Gasteiger partial charge is 0.497 e. The summed E-state index contributed by atoms with van der Waals surface area (Å²) in [5.74, 6) is 1.88. The molecule has 0 radical (unpaired) electrons. The molecular formula is C18H20BrNO2. The predicted molar refractivity (Wildman–Crippen MR) is 91.4 cm³/mol. The van der Waals surface area contributed by atoms with Gasteiger partial charge in [0, 0.05) is 22.6 Å². The molecule has 1 aliphatic rings. The minimum absolute atomic E-state index is 0.316. The van der Waals surface area contributed by atoms with Gasteiger partial charge in [-0.15, -0.1) is 0 Å². The first kappa shape index (κ1) is 15.4.